The van der Waals surface area contributed by atoms with E-state index in [1.165, 1.54) is 19.3 Å². The topological polar surface area (TPSA) is 68.0 Å². The van der Waals surface area contributed by atoms with Crippen LogP contribution in [0.2, 0.25) is 0 Å². The fourth-order valence-electron chi connectivity index (χ4n) is 3.78. The maximum Gasteiger partial charge on any atom is 0.259 e. The molecule has 1 aliphatic carbocycles. The van der Waals surface area contributed by atoms with Crippen LogP contribution >= 0.6 is 0 Å². The van der Waals surface area contributed by atoms with E-state index in [4.69, 9.17) is 4.52 Å². The van der Waals surface area contributed by atoms with Crippen molar-refractivity contribution >= 4 is 17.0 Å². The second-order valence-corrected chi connectivity index (χ2v) is 7.58. The number of nitrogens with zero attached hydrogens (tertiary/aromatic N) is 2. The van der Waals surface area contributed by atoms with E-state index in [-0.39, 0.29) is 17.9 Å². The van der Waals surface area contributed by atoms with Crippen LogP contribution in [0, 0.1) is 18.8 Å². The van der Waals surface area contributed by atoms with Crippen LogP contribution in [0.1, 0.15) is 74.6 Å². The van der Waals surface area contributed by atoms with Gasteiger partial charge in [-0.15, -0.1) is 0 Å². The number of rotatable bonds is 3. The van der Waals surface area contributed by atoms with E-state index >= 15 is 0 Å². The van der Waals surface area contributed by atoms with Gasteiger partial charge in [-0.25, -0.2) is 4.98 Å². The van der Waals surface area contributed by atoms with Crippen LogP contribution in [0.25, 0.3) is 11.1 Å². The van der Waals surface area contributed by atoms with Crippen LogP contribution < -0.4 is 5.32 Å². The number of hydrogen-bond acceptors (Lipinski definition) is 4. The van der Waals surface area contributed by atoms with Crippen LogP contribution in [0.5, 0.6) is 0 Å². The predicted molar refractivity (Wildman–Crippen MR) is 94.1 cm³/mol. The van der Waals surface area contributed by atoms with Crippen LogP contribution in [0.15, 0.2) is 10.6 Å². The Morgan fingerprint density at radius 2 is 1.96 bits per heavy atom. The van der Waals surface area contributed by atoms with E-state index in [9.17, 15) is 4.79 Å². The average Bonchev–Trinajstić information content (AvgIpc) is 2.91. The molecule has 24 heavy (non-hydrogen) atoms. The highest BCUT2D eigenvalue weighted by Gasteiger charge is 2.30. The van der Waals surface area contributed by atoms with Gasteiger partial charge >= 0.3 is 0 Å². The van der Waals surface area contributed by atoms with Crippen molar-refractivity contribution in [2.24, 2.45) is 11.8 Å². The molecule has 2 unspecified atom stereocenters. The number of aromatic nitrogens is 2. The summed E-state index contributed by atoms with van der Waals surface area (Å²) in [5.41, 5.74) is 2.65. The summed E-state index contributed by atoms with van der Waals surface area (Å²) in [5.74, 6) is 1.19. The molecule has 0 radical (unpaired) electrons. The lowest BCUT2D eigenvalue weighted by Gasteiger charge is -2.35. The van der Waals surface area contributed by atoms with E-state index in [1.54, 1.807) is 0 Å². The molecular weight excluding hydrogens is 302 g/mol. The number of carbonyl (C=O) groups is 1. The van der Waals surface area contributed by atoms with Crippen LogP contribution in [0.4, 0.5) is 0 Å². The molecule has 5 heteroatoms. The fraction of sp³-hybridized carbons (Fsp3) is 0.632. The maximum absolute atomic E-state index is 13.0. The summed E-state index contributed by atoms with van der Waals surface area (Å²) >= 11 is 0. The summed E-state index contributed by atoms with van der Waals surface area (Å²) in [6.45, 7) is 10.4. The van der Waals surface area contributed by atoms with Crippen molar-refractivity contribution in [2.45, 2.75) is 65.8 Å². The van der Waals surface area contributed by atoms with Gasteiger partial charge in [-0.3, -0.25) is 4.79 Å². The first-order valence-corrected chi connectivity index (χ1v) is 8.96. The molecule has 0 saturated heterocycles. The minimum Gasteiger partial charge on any atom is -0.349 e. The van der Waals surface area contributed by atoms with Gasteiger partial charge in [0.15, 0.2) is 0 Å². The molecule has 2 heterocycles. The van der Waals surface area contributed by atoms with Gasteiger partial charge in [0.2, 0.25) is 0 Å². The Morgan fingerprint density at radius 3 is 2.58 bits per heavy atom. The minimum atomic E-state index is -0.0406. The second kappa shape index (κ2) is 6.54. The molecule has 0 aliphatic heterocycles. The van der Waals surface area contributed by atoms with Gasteiger partial charge < -0.3 is 9.84 Å². The molecule has 1 fully saturated rings. The summed E-state index contributed by atoms with van der Waals surface area (Å²) < 4.78 is 5.32. The highest BCUT2D eigenvalue weighted by atomic mass is 16.5. The molecule has 2 atom stereocenters. The van der Waals surface area contributed by atoms with Gasteiger partial charge in [0.05, 0.1) is 16.6 Å². The molecule has 0 bridgehead atoms. The number of hydrogen-bond donors (Lipinski definition) is 1. The monoisotopic (exact) mass is 329 g/mol. The van der Waals surface area contributed by atoms with Crippen molar-refractivity contribution in [3.8, 4) is 0 Å². The van der Waals surface area contributed by atoms with Gasteiger partial charge in [0.1, 0.15) is 0 Å². The third kappa shape index (κ3) is 3.04. The van der Waals surface area contributed by atoms with E-state index in [0.29, 0.717) is 28.8 Å². The maximum atomic E-state index is 13.0. The van der Waals surface area contributed by atoms with Crippen LogP contribution in [0.3, 0.4) is 0 Å². The molecule has 1 amide bonds. The van der Waals surface area contributed by atoms with E-state index in [1.807, 2.05) is 13.0 Å². The Labute approximate surface area is 143 Å². The predicted octanol–water partition coefficient (Wildman–Crippen LogP) is 4.21. The Morgan fingerprint density at radius 1 is 1.29 bits per heavy atom. The van der Waals surface area contributed by atoms with Crippen LogP contribution in [-0.2, 0) is 0 Å². The average molecular weight is 329 g/mol. The highest BCUT2D eigenvalue weighted by molar-refractivity contribution is 6.06. The van der Waals surface area contributed by atoms with Gasteiger partial charge in [0.25, 0.3) is 11.6 Å². The molecule has 130 valence electrons. The summed E-state index contributed by atoms with van der Waals surface area (Å²) in [5, 5.41) is 8.00. The first kappa shape index (κ1) is 16.9. The SMILES string of the molecule is Cc1noc2nc(C(C)C)cc(C(=O)NC3C(C)CCCC3C)c12. The molecule has 3 rings (SSSR count). The Kier molecular flexibility index (Phi) is 4.61. The van der Waals surface area contributed by atoms with Crippen molar-refractivity contribution < 1.29 is 9.32 Å². The van der Waals surface area contributed by atoms with Crippen LogP contribution in [-0.4, -0.2) is 22.1 Å². The Balaban J connectivity index is 1.98. The lowest BCUT2D eigenvalue weighted by Crippen LogP contribution is -2.45. The Hall–Kier alpha value is -1.91. The number of amides is 1. The Bertz CT molecular complexity index is 740. The number of carbonyl (C=O) groups excluding carboxylic acids is 1. The fourth-order valence-corrected chi connectivity index (χ4v) is 3.78. The smallest absolute Gasteiger partial charge is 0.259 e. The molecule has 2 aromatic heterocycles. The minimum absolute atomic E-state index is 0.0406. The molecule has 1 N–H and O–H groups in total. The van der Waals surface area contributed by atoms with E-state index < -0.39 is 0 Å². The molecule has 0 aromatic carbocycles. The van der Waals surface area contributed by atoms with Crippen molar-refractivity contribution in [1.29, 1.82) is 0 Å². The number of fused-ring (bicyclic) bond motifs is 1. The molecule has 2 aromatic rings. The van der Waals surface area contributed by atoms with E-state index in [2.05, 4.69) is 43.2 Å². The quantitative estimate of drug-likeness (QED) is 0.916. The van der Waals surface area contributed by atoms with E-state index in [0.717, 1.165) is 11.1 Å². The molecular formula is C19H27N3O2. The first-order valence-electron chi connectivity index (χ1n) is 8.96. The lowest BCUT2D eigenvalue weighted by atomic mass is 9.78. The third-order valence-corrected chi connectivity index (χ3v) is 5.32. The third-order valence-electron chi connectivity index (χ3n) is 5.32. The molecule has 0 spiro atoms. The number of aryl methyl sites for hydroxylation is 1. The molecule has 1 aliphatic rings. The van der Waals surface area contributed by atoms with Gasteiger partial charge in [-0.1, -0.05) is 39.3 Å². The van der Waals surface area contributed by atoms with Gasteiger partial charge in [-0.05, 0) is 43.6 Å². The van der Waals surface area contributed by atoms with Crippen molar-refractivity contribution in [3.05, 3.63) is 23.0 Å². The normalized spacial score (nSPS) is 24.5. The van der Waals surface area contributed by atoms with Gasteiger partial charge in [-0.2, -0.15) is 0 Å². The van der Waals surface area contributed by atoms with Crippen molar-refractivity contribution in [3.63, 3.8) is 0 Å². The standard InChI is InChI=1S/C19H27N3O2/c1-10(2)15-9-14(16-13(5)22-24-19(16)20-15)18(23)21-17-11(3)7-6-8-12(17)4/h9-12,17H,6-8H2,1-5H3,(H,21,23). The zero-order chi connectivity index (χ0) is 17.4. The largest absolute Gasteiger partial charge is 0.349 e. The number of pyridine rings is 1. The summed E-state index contributed by atoms with van der Waals surface area (Å²) in [6.07, 6.45) is 3.59. The van der Waals surface area contributed by atoms with Crippen molar-refractivity contribution in [1.82, 2.24) is 15.5 Å². The van der Waals surface area contributed by atoms with Crippen molar-refractivity contribution in [2.75, 3.05) is 0 Å². The first-order chi connectivity index (χ1) is 11.4. The summed E-state index contributed by atoms with van der Waals surface area (Å²) in [7, 11) is 0. The zero-order valence-electron chi connectivity index (χ0n) is 15.2. The zero-order valence-corrected chi connectivity index (χ0v) is 15.2. The molecule has 1 saturated carbocycles. The summed E-state index contributed by atoms with van der Waals surface area (Å²) in [4.78, 5) is 17.5. The summed E-state index contributed by atoms with van der Waals surface area (Å²) in [6, 6.07) is 2.11. The molecule has 5 nitrogen and oxygen atoms in total. The highest BCUT2D eigenvalue weighted by Crippen LogP contribution is 2.30. The number of nitrogens with one attached hydrogen (secondary N) is 1. The second-order valence-electron chi connectivity index (χ2n) is 7.58. The van der Waals surface area contributed by atoms with Gasteiger partial charge in [0, 0.05) is 11.7 Å². The lowest BCUT2D eigenvalue weighted by molar-refractivity contribution is 0.0882.